The SMILES string of the molecule is CC(C)(C)OC(=O)N1CCC(C(NS)C2CC2)CC1. The molecule has 2 rings (SSSR count). The number of likely N-dealkylation sites (tertiary alicyclic amines) is 1. The van der Waals surface area contributed by atoms with Crippen molar-refractivity contribution in [3.05, 3.63) is 0 Å². The highest BCUT2D eigenvalue weighted by molar-refractivity contribution is 7.78. The Morgan fingerprint density at radius 2 is 1.74 bits per heavy atom. The number of thiol groups is 1. The number of hydrogen-bond donors (Lipinski definition) is 2. The smallest absolute Gasteiger partial charge is 0.410 e. The van der Waals surface area contributed by atoms with Gasteiger partial charge in [0.05, 0.1) is 0 Å². The van der Waals surface area contributed by atoms with Crippen LogP contribution in [0.1, 0.15) is 46.5 Å². The number of rotatable bonds is 3. The largest absolute Gasteiger partial charge is 0.444 e. The Morgan fingerprint density at radius 1 is 1.21 bits per heavy atom. The molecule has 5 heteroatoms. The van der Waals surface area contributed by atoms with E-state index in [9.17, 15) is 4.79 Å². The highest BCUT2D eigenvalue weighted by Gasteiger charge is 2.38. The Morgan fingerprint density at radius 3 is 2.16 bits per heavy atom. The Bertz CT molecular complexity index is 318. The van der Waals surface area contributed by atoms with Gasteiger partial charge in [0.15, 0.2) is 0 Å². The van der Waals surface area contributed by atoms with Gasteiger partial charge in [-0.3, -0.25) is 4.72 Å². The molecule has 0 spiro atoms. The Balaban J connectivity index is 1.80. The van der Waals surface area contributed by atoms with Gasteiger partial charge in [-0.2, -0.15) is 0 Å². The van der Waals surface area contributed by atoms with E-state index in [1.54, 1.807) is 0 Å². The fourth-order valence-electron chi connectivity index (χ4n) is 2.82. The highest BCUT2D eigenvalue weighted by Crippen LogP contribution is 2.39. The first-order chi connectivity index (χ1) is 8.90. The van der Waals surface area contributed by atoms with Gasteiger partial charge in [-0.05, 0) is 58.3 Å². The van der Waals surface area contributed by atoms with Gasteiger partial charge in [-0.1, -0.05) is 12.8 Å². The van der Waals surface area contributed by atoms with Crippen LogP contribution in [0.5, 0.6) is 0 Å². The molecule has 110 valence electrons. The second-order valence-electron chi connectivity index (χ2n) is 6.80. The lowest BCUT2D eigenvalue weighted by Gasteiger charge is -2.36. The molecular formula is C14H26N2O2S. The number of nitrogens with one attached hydrogen (secondary N) is 1. The quantitative estimate of drug-likeness (QED) is 0.784. The van der Waals surface area contributed by atoms with Crippen molar-refractivity contribution < 1.29 is 9.53 Å². The zero-order valence-corrected chi connectivity index (χ0v) is 13.1. The molecule has 1 saturated heterocycles. The molecule has 0 bridgehead atoms. The third-order valence-electron chi connectivity index (χ3n) is 3.98. The van der Waals surface area contributed by atoms with Crippen LogP contribution in [0, 0.1) is 11.8 Å². The Labute approximate surface area is 121 Å². The van der Waals surface area contributed by atoms with Crippen molar-refractivity contribution in [1.29, 1.82) is 0 Å². The van der Waals surface area contributed by atoms with Crippen LogP contribution in [0.4, 0.5) is 4.79 Å². The molecule has 1 N–H and O–H groups in total. The van der Waals surface area contributed by atoms with E-state index in [1.807, 2.05) is 25.7 Å². The normalized spacial score (nSPS) is 23.3. The van der Waals surface area contributed by atoms with Gasteiger partial charge in [0.25, 0.3) is 0 Å². The van der Waals surface area contributed by atoms with E-state index < -0.39 is 5.60 Å². The van der Waals surface area contributed by atoms with Crippen LogP contribution in [-0.4, -0.2) is 35.7 Å². The molecule has 0 aromatic carbocycles. The lowest BCUT2D eigenvalue weighted by atomic mass is 9.87. The van der Waals surface area contributed by atoms with Crippen LogP contribution >= 0.6 is 12.8 Å². The van der Waals surface area contributed by atoms with E-state index in [1.165, 1.54) is 12.8 Å². The van der Waals surface area contributed by atoms with Crippen LogP contribution in [0.2, 0.25) is 0 Å². The highest BCUT2D eigenvalue weighted by atomic mass is 32.1. The molecule has 0 aromatic heterocycles. The predicted octanol–water partition coefficient (Wildman–Crippen LogP) is 2.85. The van der Waals surface area contributed by atoms with Gasteiger partial charge in [-0.25, -0.2) is 4.79 Å². The van der Waals surface area contributed by atoms with E-state index in [4.69, 9.17) is 4.74 Å². The second-order valence-corrected chi connectivity index (χ2v) is 7.06. The molecule has 1 unspecified atom stereocenters. The van der Waals surface area contributed by atoms with Gasteiger partial charge in [0.1, 0.15) is 5.60 Å². The molecule has 1 heterocycles. The van der Waals surface area contributed by atoms with Gasteiger partial charge < -0.3 is 9.64 Å². The van der Waals surface area contributed by atoms with E-state index in [-0.39, 0.29) is 6.09 Å². The minimum absolute atomic E-state index is 0.173. The standard InChI is InChI=1S/C14H26N2O2S/c1-14(2,3)18-13(17)16-8-6-11(7-9-16)12(15-19)10-4-5-10/h10-12,15,19H,4-9H2,1-3H3. The Kier molecular flexibility index (Phi) is 4.66. The van der Waals surface area contributed by atoms with Crippen LogP contribution in [0.3, 0.4) is 0 Å². The summed E-state index contributed by atoms with van der Waals surface area (Å²) in [6, 6.07) is 0.518. The summed E-state index contributed by atoms with van der Waals surface area (Å²) in [5.41, 5.74) is -0.406. The first-order valence-corrected chi connectivity index (χ1v) is 7.73. The minimum Gasteiger partial charge on any atom is -0.444 e. The average Bonchev–Trinajstić information content (AvgIpc) is 3.13. The van der Waals surface area contributed by atoms with Crippen LogP contribution in [0.15, 0.2) is 0 Å². The summed E-state index contributed by atoms with van der Waals surface area (Å²) in [5, 5.41) is 0. The fraction of sp³-hybridized carbons (Fsp3) is 0.929. The van der Waals surface area contributed by atoms with Crippen LogP contribution in [-0.2, 0) is 4.74 Å². The summed E-state index contributed by atoms with van der Waals surface area (Å²) < 4.78 is 8.59. The number of piperidine rings is 1. The molecule has 2 fully saturated rings. The van der Waals surface area contributed by atoms with Gasteiger partial charge >= 0.3 is 6.09 Å². The number of carbonyl (C=O) groups excluding carboxylic acids is 1. The summed E-state index contributed by atoms with van der Waals surface area (Å²) in [6.45, 7) is 7.33. The van der Waals surface area contributed by atoms with Crippen LogP contribution in [0.25, 0.3) is 0 Å². The zero-order valence-electron chi connectivity index (χ0n) is 12.2. The number of carbonyl (C=O) groups is 1. The number of nitrogens with zero attached hydrogens (tertiary/aromatic N) is 1. The lowest BCUT2D eigenvalue weighted by molar-refractivity contribution is 0.0169. The van der Waals surface area contributed by atoms with Crippen molar-refractivity contribution >= 4 is 18.9 Å². The van der Waals surface area contributed by atoms with E-state index in [0.717, 1.165) is 31.8 Å². The van der Waals surface area contributed by atoms with Crippen molar-refractivity contribution in [2.24, 2.45) is 11.8 Å². The summed E-state index contributed by atoms with van der Waals surface area (Å²) in [5.74, 6) is 1.44. The first kappa shape index (κ1) is 15.0. The maximum absolute atomic E-state index is 12.0. The number of amides is 1. The van der Waals surface area contributed by atoms with Crippen molar-refractivity contribution in [3.8, 4) is 0 Å². The molecule has 0 radical (unpaired) electrons. The average molecular weight is 286 g/mol. The van der Waals surface area contributed by atoms with Crippen molar-refractivity contribution in [2.45, 2.75) is 58.1 Å². The number of hydrogen-bond acceptors (Lipinski definition) is 4. The molecule has 2 aliphatic rings. The van der Waals surface area contributed by atoms with Gasteiger partial charge in [0, 0.05) is 19.1 Å². The topological polar surface area (TPSA) is 41.6 Å². The monoisotopic (exact) mass is 286 g/mol. The maximum Gasteiger partial charge on any atom is 0.410 e. The molecular weight excluding hydrogens is 260 g/mol. The number of ether oxygens (including phenoxy) is 1. The third-order valence-corrected chi connectivity index (χ3v) is 4.28. The van der Waals surface area contributed by atoms with Crippen molar-refractivity contribution in [1.82, 2.24) is 9.62 Å². The molecule has 1 aliphatic heterocycles. The molecule has 19 heavy (non-hydrogen) atoms. The molecule has 1 saturated carbocycles. The molecule has 1 aliphatic carbocycles. The molecule has 1 atom stereocenters. The predicted molar refractivity (Wildman–Crippen MR) is 79.2 cm³/mol. The molecule has 0 aromatic rings. The molecule has 1 amide bonds. The maximum atomic E-state index is 12.0. The summed E-state index contributed by atoms with van der Waals surface area (Å²) >= 11 is 4.27. The van der Waals surface area contributed by atoms with Gasteiger partial charge in [0.2, 0.25) is 0 Å². The second kappa shape index (κ2) is 5.92. The zero-order chi connectivity index (χ0) is 14.0. The van der Waals surface area contributed by atoms with Crippen molar-refractivity contribution in [2.75, 3.05) is 13.1 Å². The summed E-state index contributed by atoms with van der Waals surface area (Å²) in [4.78, 5) is 13.8. The van der Waals surface area contributed by atoms with Crippen molar-refractivity contribution in [3.63, 3.8) is 0 Å². The lowest BCUT2D eigenvalue weighted by Crippen LogP contribution is -2.45. The molecule has 4 nitrogen and oxygen atoms in total. The van der Waals surface area contributed by atoms with E-state index in [0.29, 0.717) is 12.0 Å². The third kappa shape index (κ3) is 4.28. The van der Waals surface area contributed by atoms with Crippen LogP contribution < -0.4 is 4.72 Å². The summed E-state index contributed by atoms with van der Waals surface area (Å²) in [7, 11) is 0. The van der Waals surface area contributed by atoms with E-state index >= 15 is 0 Å². The Hall–Kier alpha value is -0.420. The van der Waals surface area contributed by atoms with Gasteiger partial charge in [-0.15, -0.1) is 0 Å². The first-order valence-electron chi connectivity index (χ1n) is 7.28. The minimum atomic E-state index is -0.406. The summed E-state index contributed by atoms with van der Waals surface area (Å²) in [6.07, 6.45) is 4.57. The van der Waals surface area contributed by atoms with E-state index in [2.05, 4.69) is 17.5 Å². The fourth-order valence-corrected chi connectivity index (χ4v) is 3.24.